The fourth-order valence-electron chi connectivity index (χ4n) is 1.97. The highest BCUT2D eigenvalue weighted by atomic mass is 79.9. The number of benzene rings is 2. The molecule has 0 radical (unpaired) electrons. The molecule has 0 aromatic heterocycles. The lowest BCUT2D eigenvalue weighted by atomic mass is 10.2. The number of rotatable bonds is 5. The summed E-state index contributed by atoms with van der Waals surface area (Å²) in [6.45, 7) is 5.29. The summed E-state index contributed by atoms with van der Waals surface area (Å²) in [7, 11) is 0. The number of hydrogen-bond acceptors (Lipinski definition) is 3. The Balaban J connectivity index is 2.16. The normalized spacial score (nSPS) is 10.5. The van der Waals surface area contributed by atoms with Crippen molar-refractivity contribution in [1.29, 1.82) is 0 Å². The average Bonchev–Trinajstić information content (AvgIpc) is 2.44. The van der Waals surface area contributed by atoms with Crippen LogP contribution in [0.5, 0.6) is 11.5 Å². The minimum Gasteiger partial charge on any atom is -0.506 e. The van der Waals surface area contributed by atoms with Gasteiger partial charge in [-0.1, -0.05) is 6.07 Å². The molecule has 2 aromatic carbocycles. The Bertz CT molecular complexity index is 621. The monoisotopic (exact) mass is 413 g/mol. The number of ether oxygens (including phenoxy) is 1. The third-order valence-corrected chi connectivity index (χ3v) is 4.21. The molecule has 0 atom stereocenters. The van der Waals surface area contributed by atoms with Gasteiger partial charge in [0.15, 0.2) is 0 Å². The number of halogens is 2. The molecule has 2 aromatic rings. The van der Waals surface area contributed by atoms with Gasteiger partial charge < -0.3 is 15.2 Å². The van der Waals surface area contributed by atoms with Crippen molar-refractivity contribution in [3.63, 3.8) is 0 Å². The predicted molar refractivity (Wildman–Crippen MR) is 93.2 cm³/mol. The van der Waals surface area contributed by atoms with Gasteiger partial charge in [0.25, 0.3) is 0 Å². The van der Waals surface area contributed by atoms with Crippen LogP contribution in [0.2, 0.25) is 0 Å². The van der Waals surface area contributed by atoms with Crippen molar-refractivity contribution in [1.82, 2.24) is 0 Å². The van der Waals surface area contributed by atoms with Crippen molar-refractivity contribution in [2.24, 2.45) is 0 Å². The Kier molecular flexibility index (Phi) is 5.53. The Morgan fingerprint density at radius 3 is 2.43 bits per heavy atom. The van der Waals surface area contributed by atoms with Crippen LogP contribution in [0.1, 0.15) is 18.1 Å². The number of hydrogen-bond donors (Lipinski definition) is 2. The second-order valence-corrected chi connectivity index (χ2v) is 6.40. The highest BCUT2D eigenvalue weighted by Crippen LogP contribution is 2.34. The molecule has 2 N–H and O–H groups in total. The van der Waals surface area contributed by atoms with Crippen molar-refractivity contribution in [2.45, 2.75) is 20.4 Å². The first kappa shape index (κ1) is 16.2. The molecule has 0 unspecified atom stereocenters. The van der Waals surface area contributed by atoms with Crippen molar-refractivity contribution in [3.8, 4) is 11.5 Å². The molecule has 0 fully saturated rings. The van der Waals surface area contributed by atoms with E-state index in [-0.39, 0.29) is 5.75 Å². The molecule has 0 aliphatic carbocycles. The van der Waals surface area contributed by atoms with Crippen LogP contribution >= 0.6 is 31.9 Å². The van der Waals surface area contributed by atoms with Crippen LogP contribution in [0.15, 0.2) is 39.3 Å². The maximum Gasteiger partial charge on any atom is 0.143 e. The van der Waals surface area contributed by atoms with Crippen LogP contribution in [-0.4, -0.2) is 11.7 Å². The van der Waals surface area contributed by atoms with E-state index in [1.807, 2.05) is 44.2 Å². The second kappa shape index (κ2) is 7.18. The van der Waals surface area contributed by atoms with E-state index in [0.29, 0.717) is 22.1 Å². The first-order valence-corrected chi connectivity index (χ1v) is 8.24. The van der Waals surface area contributed by atoms with Gasteiger partial charge in [-0.15, -0.1) is 0 Å². The summed E-state index contributed by atoms with van der Waals surface area (Å²) in [4.78, 5) is 0. The van der Waals surface area contributed by atoms with Gasteiger partial charge in [0.05, 0.1) is 21.2 Å². The Labute approximate surface area is 141 Å². The first-order chi connectivity index (χ1) is 10.0. The Hall–Kier alpha value is -1.20. The van der Waals surface area contributed by atoms with Gasteiger partial charge in [0, 0.05) is 6.54 Å². The van der Waals surface area contributed by atoms with Crippen LogP contribution in [0, 0.1) is 6.92 Å². The molecule has 0 aliphatic heterocycles. The number of aryl methyl sites for hydroxylation is 1. The van der Waals surface area contributed by atoms with Gasteiger partial charge >= 0.3 is 0 Å². The Morgan fingerprint density at radius 2 is 1.81 bits per heavy atom. The summed E-state index contributed by atoms with van der Waals surface area (Å²) in [5.41, 5.74) is 3.18. The lowest BCUT2D eigenvalue weighted by molar-refractivity contribution is 0.341. The Morgan fingerprint density at radius 1 is 1.14 bits per heavy atom. The molecule has 0 heterocycles. The molecule has 5 heteroatoms. The number of nitrogens with one attached hydrogen (secondary N) is 1. The third kappa shape index (κ3) is 4.14. The van der Waals surface area contributed by atoms with E-state index in [2.05, 4.69) is 37.2 Å². The molecule has 0 aliphatic rings. The number of phenolic OH excluding ortho intramolecular Hbond substituents is 1. The van der Waals surface area contributed by atoms with Crippen LogP contribution in [0.4, 0.5) is 5.69 Å². The summed E-state index contributed by atoms with van der Waals surface area (Å²) in [6, 6.07) is 9.87. The zero-order valence-corrected chi connectivity index (χ0v) is 15.1. The standard InChI is InChI=1S/C16H17Br2NO2/c1-3-21-15-6-10(2)4-5-14(15)19-9-11-7-12(17)16(20)13(18)8-11/h4-8,19-20H,3,9H2,1-2H3. The summed E-state index contributed by atoms with van der Waals surface area (Å²) in [5, 5.41) is 13.1. The van der Waals surface area contributed by atoms with Gasteiger partial charge in [0.1, 0.15) is 11.5 Å². The molecular weight excluding hydrogens is 398 g/mol. The third-order valence-electron chi connectivity index (χ3n) is 3.00. The van der Waals surface area contributed by atoms with E-state index in [1.165, 1.54) is 5.56 Å². The smallest absolute Gasteiger partial charge is 0.143 e. The zero-order chi connectivity index (χ0) is 15.4. The highest BCUT2D eigenvalue weighted by Gasteiger charge is 2.07. The maximum atomic E-state index is 9.73. The molecule has 112 valence electrons. The van der Waals surface area contributed by atoms with Crippen molar-refractivity contribution in [2.75, 3.05) is 11.9 Å². The van der Waals surface area contributed by atoms with Crippen molar-refractivity contribution < 1.29 is 9.84 Å². The van der Waals surface area contributed by atoms with Crippen molar-refractivity contribution in [3.05, 3.63) is 50.4 Å². The average molecular weight is 415 g/mol. The lowest BCUT2D eigenvalue weighted by Gasteiger charge is -2.14. The van der Waals surface area contributed by atoms with Gasteiger partial charge in [-0.2, -0.15) is 0 Å². The molecule has 0 amide bonds. The molecule has 2 rings (SSSR count). The highest BCUT2D eigenvalue weighted by molar-refractivity contribution is 9.11. The van der Waals surface area contributed by atoms with Crippen LogP contribution in [0.25, 0.3) is 0 Å². The largest absolute Gasteiger partial charge is 0.506 e. The quantitative estimate of drug-likeness (QED) is 0.703. The SMILES string of the molecule is CCOc1cc(C)ccc1NCc1cc(Br)c(O)c(Br)c1. The molecule has 21 heavy (non-hydrogen) atoms. The van der Waals surface area contributed by atoms with E-state index < -0.39 is 0 Å². The summed E-state index contributed by atoms with van der Waals surface area (Å²) < 4.78 is 6.99. The molecule has 0 bridgehead atoms. The maximum absolute atomic E-state index is 9.73. The van der Waals surface area contributed by atoms with Gasteiger partial charge in [-0.05, 0) is 81.1 Å². The van der Waals surface area contributed by atoms with E-state index in [1.54, 1.807) is 0 Å². The van der Waals surface area contributed by atoms with E-state index in [4.69, 9.17) is 4.74 Å². The van der Waals surface area contributed by atoms with Crippen LogP contribution < -0.4 is 10.1 Å². The number of phenols is 1. The fraction of sp³-hybridized carbons (Fsp3) is 0.250. The summed E-state index contributed by atoms with van der Waals surface area (Å²) >= 11 is 6.68. The number of anilines is 1. The van der Waals surface area contributed by atoms with Crippen molar-refractivity contribution >= 4 is 37.5 Å². The molecular formula is C16H17Br2NO2. The van der Waals surface area contributed by atoms with Crippen LogP contribution in [-0.2, 0) is 6.54 Å². The van der Waals surface area contributed by atoms with Gasteiger partial charge in [-0.3, -0.25) is 0 Å². The predicted octanol–water partition coefficient (Wildman–Crippen LogP) is 5.24. The number of aromatic hydroxyl groups is 1. The molecule has 3 nitrogen and oxygen atoms in total. The van der Waals surface area contributed by atoms with E-state index in [9.17, 15) is 5.11 Å². The first-order valence-electron chi connectivity index (χ1n) is 6.65. The van der Waals surface area contributed by atoms with E-state index in [0.717, 1.165) is 17.0 Å². The second-order valence-electron chi connectivity index (χ2n) is 4.69. The lowest BCUT2D eigenvalue weighted by Crippen LogP contribution is -2.03. The van der Waals surface area contributed by atoms with Crippen LogP contribution in [0.3, 0.4) is 0 Å². The molecule has 0 saturated carbocycles. The topological polar surface area (TPSA) is 41.5 Å². The van der Waals surface area contributed by atoms with Gasteiger partial charge in [0.2, 0.25) is 0 Å². The molecule has 0 spiro atoms. The van der Waals surface area contributed by atoms with E-state index >= 15 is 0 Å². The fourth-order valence-corrected chi connectivity index (χ4v) is 3.25. The minimum absolute atomic E-state index is 0.212. The van der Waals surface area contributed by atoms with Gasteiger partial charge in [-0.25, -0.2) is 0 Å². The zero-order valence-electron chi connectivity index (χ0n) is 11.9. The summed E-state index contributed by atoms with van der Waals surface area (Å²) in [5.74, 6) is 1.07. The molecule has 0 saturated heterocycles. The summed E-state index contributed by atoms with van der Waals surface area (Å²) in [6.07, 6.45) is 0. The minimum atomic E-state index is 0.212.